The molecule has 0 aliphatic carbocycles. The number of carbonyl (C=O) groups is 1. The van der Waals surface area contributed by atoms with Crippen molar-refractivity contribution in [2.45, 2.75) is 19.5 Å². The van der Waals surface area contributed by atoms with E-state index < -0.39 is 0 Å². The average Bonchev–Trinajstić information content (AvgIpc) is 3.24. The highest BCUT2D eigenvalue weighted by atomic mass is 79.9. The summed E-state index contributed by atoms with van der Waals surface area (Å²) >= 11 is 3.39. The number of benzene rings is 2. The van der Waals surface area contributed by atoms with Gasteiger partial charge in [-0.2, -0.15) is 0 Å². The minimum atomic E-state index is 0.102. The zero-order chi connectivity index (χ0) is 17.2. The molecule has 0 saturated carbocycles. The fourth-order valence-electron chi connectivity index (χ4n) is 3.07. The molecule has 1 aliphatic heterocycles. The van der Waals surface area contributed by atoms with Gasteiger partial charge in [0.25, 0.3) is 0 Å². The van der Waals surface area contributed by atoms with E-state index in [4.69, 9.17) is 4.74 Å². The average molecular weight is 398 g/mol. The number of hydrogen-bond acceptors (Lipinski definition) is 2. The van der Waals surface area contributed by atoms with Crippen LogP contribution in [0.1, 0.15) is 21.5 Å². The largest absolute Gasteiger partial charge is 0.493 e. The maximum Gasteiger partial charge on any atom is 0.244 e. The summed E-state index contributed by atoms with van der Waals surface area (Å²) in [6.07, 6.45) is 6.89. The number of ether oxygens (including phenoxy) is 1. The minimum absolute atomic E-state index is 0.102. The third kappa shape index (κ3) is 3.66. The van der Waals surface area contributed by atoms with Crippen molar-refractivity contribution in [3.63, 3.8) is 0 Å². The maximum atomic E-state index is 12.4. The molecule has 0 radical (unpaired) electrons. The number of Topliss-reactive ketones (excluding diaryl/α,β-unsaturated/α-hetero) is 1. The highest BCUT2D eigenvalue weighted by Gasteiger charge is 2.14. The molecule has 0 fully saturated rings. The Hall–Kier alpha value is -2.40. The van der Waals surface area contributed by atoms with Crippen molar-refractivity contribution >= 4 is 21.7 Å². The lowest BCUT2D eigenvalue weighted by molar-refractivity contribution is -0.687. The number of rotatable bonds is 5. The zero-order valence-corrected chi connectivity index (χ0v) is 15.3. The lowest BCUT2D eigenvalue weighted by Gasteiger charge is -2.02. The number of aromatic nitrogens is 2. The minimum Gasteiger partial charge on any atom is -0.493 e. The third-order valence-corrected chi connectivity index (χ3v) is 4.89. The normalized spacial score (nSPS) is 12.7. The number of carbonyl (C=O) groups excluding carboxylic acids is 1. The highest BCUT2D eigenvalue weighted by molar-refractivity contribution is 9.10. The van der Waals surface area contributed by atoms with E-state index in [1.807, 2.05) is 53.6 Å². The molecule has 5 heteroatoms. The van der Waals surface area contributed by atoms with Gasteiger partial charge in [0, 0.05) is 16.5 Å². The molecule has 0 spiro atoms. The van der Waals surface area contributed by atoms with Crippen molar-refractivity contribution in [1.82, 2.24) is 4.57 Å². The lowest BCUT2D eigenvalue weighted by Crippen LogP contribution is -2.31. The van der Waals surface area contributed by atoms with Gasteiger partial charge in [-0.1, -0.05) is 34.1 Å². The summed E-state index contributed by atoms with van der Waals surface area (Å²) in [6.45, 7) is 1.90. The van der Waals surface area contributed by atoms with Crippen LogP contribution in [-0.4, -0.2) is 17.0 Å². The van der Waals surface area contributed by atoms with Crippen LogP contribution in [0.2, 0.25) is 0 Å². The Balaban J connectivity index is 1.43. The van der Waals surface area contributed by atoms with E-state index in [0.717, 1.165) is 35.4 Å². The van der Waals surface area contributed by atoms with Gasteiger partial charge < -0.3 is 4.74 Å². The molecule has 4 rings (SSSR count). The summed E-state index contributed by atoms with van der Waals surface area (Å²) in [7, 11) is 0. The summed E-state index contributed by atoms with van der Waals surface area (Å²) in [5.74, 6) is 1.11. The van der Waals surface area contributed by atoms with Gasteiger partial charge in [-0.05, 0) is 35.4 Å². The maximum absolute atomic E-state index is 12.4. The van der Waals surface area contributed by atoms with Gasteiger partial charge in [0.05, 0.1) is 6.61 Å². The molecule has 1 aliphatic rings. The predicted molar refractivity (Wildman–Crippen MR) is 97.8 cm³/mol. The van der Waals surface area contributed by atoms with Gasteiger partial charge in [-0.3, -0.25) is 4.79 Å². The summed E-state index contributed by atoms with van der Waals surface area (Å²) in [6, 6.07) is 13.8. The SMILES string of the molecule is O=C(Cn1cc[n+](Cc2ccc3c(c2)CCO3)c1)c1ccc(Br)cc1. The van der Waals surface area contributed by atoms with Crippen LogP contribution in [0.4, 0.5) is 0 Å². The quantitative estimate of drug-likeness (QED) is 0.488. The van der Waals surface area contributed by atoms with Crippen LogP contribution in [0.5, 0.6) is 5.75 Å². The van der Waals surface area contributed by atoms with E-state index in [1.165, 1.54) is 11.1 Å². The second kappa shape index (κ2) is 6.84. The van der Waals surface area contributed by atoms with Crippen LogP contribution in [0.3, 0.4) is 0 Å². The molecular weight excluding hydrogens is 380 g/mol. The van der Waals surface area contributed by atoms with Crippen molar-refractivity contribution in [2.24, 2.45) is 0 Å². The summed E-state index contributed by atoms with van der Waals surface area (Å²) in [5.41, 5.74) is 3.25. The molecule has 0 atom stereocenters. The molecule has 0 saturated heterocycles. The number of halogens is 1. The van der Waals surface area contributed by atoms with Crippen LogP contribution >= 0.6 is 15.9 Å². The van der Waals surface area contributed by atoms with Crippen LogP contribution in [0.15, 0.2) is 65.7 Å². The molecule has 0 amide bonds. The van der Waals surface area contributed by atoms with Crippen LogP contribution in [-0.2, 0) is 19.5 Å². The molecule has 2 aromatic carbocycles. The van der Waals surface area contributed by atoms with Gasteiger partial charge in [-0.15, -0.1) is 0 Å². The van der Waals surface area contributed by atoms with Crippen LogP contribution < -0.4 is 9.30 Å². The van der Waals surface area contributed by atoms with Crippen LogP contribution in [0, 0.1) is 0 Å². The Morgan fingerprint density at radius 2 is 2.04 bits per heavy atom. The summed E-state index contributed by atoms with van der Waals surface area (Å²) in [4.78, 5) is 12.4. The standard InChI is InChI=1S/C20H18BrN2O2/c21-18-4-2-16(3-5-18)19(24)13-23-9-8-22(14-23)12-15-1-6-20-17(11-15)7-10-25-20/h1-6,8-9,11,14H,7,10,12-13H2/q+1. The monoisotopic (exact) mass is 397 g/mol. The van der Waals surface area contributed by atoms with Gasteiger partial charge >= 0.3 is 0 Å². The highest BCUT2D eigenvalue weighted by Crippen LogP contribution is 2.25. The molecule has 0 bridgehead atoms. The van der Waals surface area contributed by atoms with Crippen molar-refractivity contribution < 1.29 is 14.1 Å². The Labute approximate surface area is 154 Å². The van der Waals surface area contributed by atoms with E-state index in [1.54, 1.807) is 0 Å². The predicted octanol–water partition coefficient (Wildman–Crippen LogP) is 3.40. The molecule has 0 N–H and O–H groups in total. The number of ketones is 1. The van der Waals surface area contributed by atoms with Crippen LogP contribution in [0.25, 0.3) is 0 Å². The zero-order valence-electron chi connectivity index (χ0n) is 13.7. The van der Waals surface area contributed by atoms with Gasteiger partial charge in [-0.25, -0.2) is 9.13 Å². The van der Waals surface area contributed by atoms with Crippen molar-refractivity contribution in [1.29, 1.82) is 0 Å². The molecule has 4 nitrogen and oxygen atoms in total. The molecular formula is C20H18BrN2O2+. The third-order valence-electron chi connectivity index (χ3n) is 4.36. The van der Waals surface area contributed by atoms with E-state index in [0.29, 0.717) is 6.54 Å². The summed E-state index contributed by atoms with van der Waals surface area (Å²) in [5, 5.41) is 0. The van der Waals surface area contributed by atoms with E-state index >= 15 is 0 Å². The van der Waals surface area contributed by atoms with Gasteiger partial charge in [0.2, 0.25) is 12.1 Å². The van der Waals surface area contributed by atoms with Crippen molar-refractivity contribution in [3.05, 3.63) is 82.3 Å². The topological polar surface area (TPSA) is 35.1 Å². The first kappa shape index (κ1) is 16.1. The Bertz CT molecular complexity index is 916. The number of imidazole rings is 1. The number of fused-ring (bicyclic) bond motifs is 1. The molecule has 0 unspecified atom stereocenters. The van der Waals surface area contributed by atoms with E-state index in [-0.39, 0.29) is 5.78 Å². The van der Waals surface area contributed by atoms with Crippen molar-refractivity contribution in [2.75, 3.05) is 6.61 Å². The fraction of sp³-hybridized carbons (Fsp3) is 0.200. The summed E-state index contributed by atoms with van der Waals surface area (Å²) < 4.78 is 10.5. The lowest BCUT2D eigenvalue weighted by atomic mass is 10.1. The Kier molecular flexibility index (Phi) is 4.40. The second-order valence-corrected chi connectivity index (χ2v) is 7.14. The molecule has 2 heterocycles. The molecule has 3 aromatic rings. The Morgan fingerprint density at radius 3 is 2.88 bits per heavy atom. The first-order chi connectivity index (χ1) is 12.2. The second-order valence-electron chi connectivity index (χ2n) is 6.23. The van der Waals surface area contributed by atoms with Gasteiger partial charge in [0.15, 0.2) is 6.54 Å². The van der Waals surface area contributed by atoms with Crippen molar-refractivity contribution in [3.8, 4) is 5.75 Å². The Morgan fingerprint density at radius 1 is 1.20 bits per heavy atom. The van der Waals surface area contributed by atoms with Gasteiger partial charge in [0.1, 0.15) is 24.7 Å². The first-order valence-electron chi connectivity index (χ1n) is 8.25. The smallest absolute Gasteiger partial charge is 0.244 e. The van der Waals surface area contributed by atoms with E-state index in [9.17, 15) is 4.79 Å². The number of hydrogen-bond donors (Lipinski definition) is 0. The number of nitrogens with zero attached hydrogens (tertiary/aromatic N) is 2. The van der Waals surface area contributed by atoms with E-state index in [2.05, 4.69) is 32.6 Å². The molecule has 126 valence electrons. The molecule has 25 heavy (non-hydrogen) atoms. The fourth-order valence-corrected chi connectivity index (χ4v) is 3.33. The first-order valence-corrected chi connectivity index (χ1v) is 9.05. The molecule has 1 aromatic heterocycles.